The van der Waals surface area contributed by atoms with Gasteiger partial charge in [0.05, 0.1) is 24.5 Å². The molecule has 4 rings (SSSR count). The van der Waals surface area contributed by atoms with Crippen molar-refractivity contribution in [3.05, 3.63) is 59.7 Å². The molecule has 2 N–H and O–H groups in total. The van der Waals surface area contributed by atoms with Crippen molar-refractivity contribution in [1.82, 2.24) is 9.62 Å². The van der Waals surface area contributed by atoms with Gasteiger partial charge in [0.2, 0.25) is 10.0 Å². The van der Waals surface area contributed by atoms with E-state index in [-0.39, 0.29) is 16.7 Å². The van der Waals surface area contributed by atoms with E-state index in [1.54, 1.807) is 53.4 Å². The standard InChI is InChI=1S/C21H23N3O5S/c1-29-21(26)15-10-8-14(9-11-15)20(25)24-12-4-5-16(13-24)19-22-17-6-2-3-7-18(17)30(27,28)23-19/h2-3,6-11,16,19,22-23H,4-5,12-13H2,1H3/t16-,19+/m0/s1. The highest BCUT2D eigenvalue weighted by molar-refractivity contribution is 7.89. The van der Waals surface area contributed by atoms with Crippen molar-refractivity contribution in [3.8, 4) is 0 Å². The number of nitrogens with one attached hydrogen (secondary N) is 2. The molecular weight excluding hydrogens is 406 g/mol. The fraction of sp³-hybridized carbons (Fsp3) is 0.333. The maximum atomic E-state index is 13.0. The molecule has 1 fully saturated rings. The largest absolute Gasteiger partial charge is 0.465 e. The molecule has 0 unspecified atom stereocenters. The lowest BCUT2D eigenvalue weighted by molar-refractivity contribution is 0.0598. The molecule has 158 valence electrons. The van der Waals surface area contributed by atoms with Crippen molar-refractivity contribution in [3.63, 3.8) is 0 Å². The first-order chi connectivity index (χ1) is 14.4. The van der Waals surface area contributed by atoms with Gasteiger partial charge in [0.15, 0.2) is 0 Å². The summed E-state index contributed by atoms with van der Waals surface area (Å²) in [6.07, 6.45) is 1.09. The average molecular weight is 429 g/mol. The van der Waals surface area contributed by atoms with E-state index in [2.05, 4.69) is 14.8 Å². The minimum atomic E-state index is -3.61. The summed E-state index contributed by atoms with van der Waals surface area (Å²) in [5, 5.41) is 3.27. The van der Waals surface area contributed by atoms with E-state index in [0.29, 0.717) is 29.9 Å². The van der Waals surface area contributed by atoms with Crippen LogP contribution in [0.15, 0.2) is 53.4 Å². The van der Waals surface area contributed by atoms with Gasteiger partial charge in [-0.1, -0.05) is 12.1 Å². The number of piperidine rings is 1. The number of anilines is 1. The summed E-state index contributed by atoms with van der Waals surface area (Å²) < 4.78 is 32.6. The SMILES string of the molecule is COC(=O)c1ccc(C(=O)N2CCC[C@H]([C@@H]3Nc4ccccc4S(=O)(=O)N3)C2)cc1. The number of carbonyl (C=O) groups is 2. The van der Waals surface area contributed by atoms with Crippen LogP contribution in [-0.4, -0.2) is 51.6 Å². The van der Waals surface area contributed by atoms with Gasteiger partial charge in [0.25, 0.3) is 5.91 Å². The third-order valence-corrected chi connectivity index (χ3v) is 7.04. The number of amides is 1. The minimum Gasteiger partial charge on any atom is -0.465 e. The van der Waals surface area contributed by atoms with E-state index in [1.165, 1.54) is 7.11 Å². The molecule has 1 saturated heterocycles. The second kappa shape index (κ2) is 8.08. The van der Waals surface area contributed by atoms with Gasteiger partial charge < -0.3 is 15.0 Å². The van der Waals surface area contributed by atoms with Gasteiger partial charge in [0.1, 0.15) is 4.90 Å². The van der Waals surface area contributed by atoms with Crippen LogP contribution in [0.4, 0.5) is 5.69 Å². The molecule has 0 aromatic heterocycles. The Hall–Kier alpha value is -2.91. The zero-order valence-electron chi connectivity index (χ0n) is 16.5. The number of carbonyl (C=O) groups excluding carboxylic acids is 2. The number of fused-ring (bicyclic) bond motifs is 1. The number of hydrogen-bond donors (Lipinski definition) is 2. The summed E-state index contributed by atoms with van der Waals surface area (Å²) in [7, 11) is -2.30. The van der Waals surface area contributed by atoms with Gasteiger partial charge in [-0.2, -0.15) is 4.72 Å². The van der Waals surface area contributed by atoms with Crippen LogP contribution in [0.2, 0.25) is 0 Å². The van der Waals surface area contributed by atoms with Crippen LogP contribution in [0.1, 0.15) is 33.6 Å². The van der Waals surface area contributed by atoms with Gasteiger partial charge in [0, 0.05) is 24.6 Å². The Kier molecular flexibility index (Phi) is 5.48. The Balaban J connectivity index is 1.48. The molecule has 2 atom stereocenters. The summed E-state index contributed by atoms with van der Waals surface area (Å²) in [5.41, 5.74) is 1.43. The lowest BCUT2D eigenvalue weighted by Gasteiger charge is -2.39. The zero-order chi connectivity index (χ0) is 21.3. The van der Waals surface area contributed by atoms with Gasteiger partial charge >= 0.3 is 5.97 Å². The van der Waals surface area contributed by atoms with Crippen molar-refractivity contribution in [2.24, 2.45) is 5.92 Å². The van der Waals surface area contributed by atoms with E-state index in [0.717, 1.165) is 12.8 Å². The van der Waals surface area contributed by atoms with E-state index < -0.39 is 22.2 Å². The normalized spacial score (nSPS) is 22.5. The fourth-order valence-corrected chi connectivity index (χ4v) is 5.36. The van der Waals surface area contributed by atoms with E-state index >= 15 is 0 Å². The van der Waals surface area contributed by atoms with Crippen LogP contribution < -0.4 is 10.0 Å². The predicted molar refractivity (Wildman–Crippen MR) is 111 cm³/mol. The molecular formula is C21H23N3O5S. The maximum absolute atomic E-state index is 13.0. The van der Waals surface area contributed by atoms with Crippen molar-refractivity contribution in [2.45, 2.75) is 23.9 Å². The summed E-state index contributed by atoms with van der Waals surface area (Å²) >= 11 is 0. The first kappa shape index (κ1) is 20.4. The fourth-order valence-electron chi connectivity index (χ4n) is 3.98. The summed E-state index contributed by atoms with van der Waals surface area (Å²) in [5.74, 6) is -0.668. The number of ether oxygens (including phenoxy) is 1. The number of nitrogens with zero attached hydrogens (tertiary/aromatic N) is 1. The van der Waals surface area contributed by atoms with E-state index in [9.17, 15) is 18.0 Å². The molecule has 9 heteroatoms. The van der Waals surface area contributed by atoms with Crippen molar-refractivity contribution < 1.29 is 22.7 Å². The third-order valence-electron chi connectivity index (χ3n) is 5.54. The summed E-state index contributed by atoms with van der Waals surface area (Å²) in [6, 6.07) is 13.1. The molecule has 8 nitrogen and oxygen atoms in total. The predicted octanol–water partition coefficient (Wildman–Crippen LogP) is 2.06. The van der Waals surface area contributed by atoms with Gasteiger partial charge in [-0.3, -0.25) is 4.79 Å². The Morgan fingerprint density at radius 1 is 1.07 bits per heavy atom. The molecule has 30 heavy (non-hydrogen) atoms. The summed E-state index contributed by atoms with van der Waals surface area (Å²) in [6.45, 7) is 1.03. The highest BCUT2D eigenvalue weighted by Crippen LogP contribution is 2.30. The number of methoxy groups -OCH3 is 1. The number of para-hydroxylation sites is 1. The van der Waals surface area contributed by atoms with Crippen molar-refractivity contribution >= 4 is 27.6 Å². The maximum Gasteiger partial charge on any atom is 0.337 e. The van der Waals surface area contributed by atoms with Gasteiger partial charge in [-0.25, -0.2) is 13.2 Å². The van der Waals surface area contributed by atoms with Gasteiger partial charge in [-0.15, -0.1) is 0 Å². The second-order valence-corrected chi connectivity index (χ2v) is 9.14. The van der Waals surface area contributed by atoms with Crippen LogP contribution in [0.25, 0.3) is 0 Å². The molecule has 2 aliphatic rings. The molecule has 0 spiro atoms. The van der Waals surface area contributed by atoms with Crippen molar-refractivity contribution in [1.29, 1.82) is 0 Å². The van der Waals surface area contributed by atoms with Crippen molar-refractivity contribution in [2.75, 3.05) is 25.5 Å². The lowest BCUT2D eigenvalue weighted by atomic mass is 9.94. The Morgan fingerprint density at radius 3 is 2.50 bits per heavy atom. The molecule has 0 radical (unpaired) electrons. The zero-order valence-corrected chi connectivity index (χ0v) is 17.3. The molecule has 0 aliphatic carbocycles. The average Bonchev–Trinajstić information content (AvgIpc) is 2.78. The highest BCUT2D eigenvalue weighted by Gasteiger charge is 2.36. The number of rotatable bonds is 3. The van der Waals surface area contributed by atoms with Gasteiger partial charge in [-0.05, 0) is 49.2 Å². The molecule has 2 aliphatic heterocycles. The molecule has 1 amide bonds. The van der Waals surface area contributed by atoms with Crippen LogP contribution in [0.3, 0.4) is 0 Å². The Bertz CT molecular complexity index is 1070. The number of benzene rings is 2. The topological polar surface area (TPSA) is 105 Å². The second-order valence-electron chi connectivity index (χ2n) is 7.46. The number of esters is 1. The van der Waals surface area contributed by atoms with Crippen LogP contribution in [-0.2, 0) is 14.8 Å². The van der Waals surface area contributed by atoms with Crippen LogP contribution >= 0.6 is 0 Å². The van der Waals surface area contributed by atoms with Crippen LogP contribution in [0.5, 0.6) is 0 Å². The summed E-state index contributed by atoms with van der Waals surface area (Å²) in [4.78, 5) is 26.5. The molecule has 0 bridgehead atoms. The third kappa shape index (κ3) is 3.90. The molecule has 2 heterocycles. The first-order valence-electron chi connectivity index (χ1n) is 9.74. The number of hydrogen-bond acceptors (Lipinski definition) is 6. The lowest BCUT2D eigenvalue weighted by Crippen LogP contribution is -2.54. The Labute approximate surface area is 175 Å². The smallest absolute Gasteiger partial charge is 0.337 e. The Morgan fingerprint density at radius 2 is 1.77 bits per heavy atom. The van der Waals surface area contributed by atoms with E-state index in [1.807, 2.05) is 0 Å². The minimum absolute atomic E-state index is 0.0693. The quantitative estimate of drug-likeness (QED) is 0.724. The molecule has 2 aromatic carbocycles. The number of sulfonamides is 1. The molecule has 0 saturated carbocycles. The highest BCUT2D eigenvalue weighted by atomic mass is 32.2. The van der Waals surface area contributed by atoms with E-state index in [4.69, 9.17) is 0 Å². The van der Waals surface area contributed by atoms with Crippen LogP contribution in [0, 0.1) is 5.92 Å². The molecule has 2 aromatic rings. The monoisotopic (exact) mass is 429 g/mol. The first-order valence-corrected chi connectivity index (χ1v) is 11.2. The number of likely N-dealkylation sites (tertiary alicyclic amines) is 1.